The third-order valence-electron chi connectivity index (χ3n) is 3.02. The van der Waals surface area contributed by atoms with E-state index in [1.54, 1.807) is 19.1 Å². The van der Waals surface area contributed by atoms with Crippen molar-refractivity contribution in [3.63, 3.8) is 0 Å². The van der Waals surface area contributed by atoms with Crippen molar-refractivity contribution >= 4 is 0 Å². The molecule has 0 radical (unpaired) electrons. The van der Waals surface area contributed by atoms with E-state index < -0.39 is 17.7 Å². The molecule has 0 aliphatic carbocycles. The minimum absolute atomic E-state index is 0.314. The van der Waals surface area contributed by atoms with Crippen molar-refractivity contribution in [2.75, 3.05) is 7.11 Å². The zero-order chi connectivity index (χ0) is 14.0. The summed E-state index contributed by atoms with van der Waals surface area (Å²) >= 11 is 0. The molecule has 4 heteroatoms. The van der Waals surface area contributed by atoms with Crippen LogP contribution in [0.5, 0.6) is 5.75 Å². The highest BCUT2D eigenvalue weighted by atomic mass is 19.1. The van der Waals surface area contributed by atoms with Gasteiger partial charge in [0.05, 0.1) is 13.2 Å². The van der Waals surface area contributed by atoms with Crippen molar-refractivity contribution in [2.24, 2.45) is 5.73 Å². The number of hydrogen-bond acceptors (Lipinski definition) is 2. The number of benzene rings is 2. The smallest absolute Gasteiger partial charge is 0.128 e. The monoisotopic (exact) mass is 263 g/mol. The summed E-state index contributed by atoms with van der Waals surface area (Å²) in [7, 11) is 1.47. The molecular weight excluding hydrogens is 248 g/mol. The molecule has 0 saturated carbocycles. The van der Waals surface area contributed by atoms with Crippen LogP contribution < -0.4 is 10.5 Å². The van der Waals surface area contributed by atoms with Crippen molar-refractivity contribution in [1.29, 1.82) is 0 Å². The van der Waals surface area contributed by atoms with Crippen LogP contribution in [0, 0.1) is 18.6 Å². The molecule has 0 amide bonds. The van der Waals surface area contributed by atoms with Gasteiger partial charge in [-0.2, -0.15) is 0 Å². The van der Waals surface area contributed by atoms with E-state index in [0.717, 1.165) is 5.56 Å². The Labute approximate surface area is 110 Å². The van der Waals surface area contributed by atoms with Gasteiger partial charge in [0.1, 0.15) is 17.4 Å². The maximum atomic E-state index is 13.9. The van der Waals surface area contributed by atoms with Crippen LogP contribution >= 0.6 is 0 Å². The highest BCUT2D eigenvalue weighted by Gasteiger charge is 2.18. The summed E-state index contributed by atoms with van der Waals surface area (Å²) in [5.74, 6) is -0.397. The molecule has 1 atom stereocenters. The zero-order valence-electron chi connectivity index (χ0n) is 10.8. The fourth-order valence-electron chi connectivity index (χ4n) is 2.00. The minimum atomic E-state index is -0.772. The van der Waals surface area contributed by atoms with E-state index in [2.05, 4.69) is 0 Å². The molecule has 0 heterocycles. The lowest BCUT2D eigenvalue weighted by Gasteiger charge is -2.17. The molecular formula is C15H15F2NO. The van der Waals surface area contributed by atoms with Crippen molar-refractivity contribution in [1.82, 2.24) is 0 Å². The molecule has 2 rings (SSSR count). The molecule has 2 nitrogen and oxygen atoms in total. The van der Waals surface area contributed by atoms with E-state index in [0.29, 0.717) is 16.9 Å². The molecule has 0 saturated heterocycles. The second-order valence-electron chi connectivity index (χ2n) is 4.39. The Morgan fingerprint density at radius 1 is 1.05 bits per heavy atom. The fraction of sp³-hybridized carbons (Fsp3) is 0.200. The van der Waals surface area contributed by atoms with Gasteiger partial charge >= 0.3 is 0 Å². The van der Waals surface area contributed by atoms with Crippen LogP contribution in [0.3, 0.4) is 0 Å². The van der Waals surface area contributed by atoms with Gasteiger partial charge in [0.2, 0.25) is 0 Å². The van der Waals surface area contributed by atoms with Gasteiger partial charge in [0.15, 0.2) is 0 Å². The molecule has 0 bridgehead atoms. The Morgan fingerprint density at radius 2 is 1.79 bits per heavy atom. The Kier molecular flexibility index (Phi) is 3.81. The third kappa shape index (κ3) is 2.74. The van der Waals surface area contributed by atoms with Gasteiger partial charge in [-0.1, -0.05) is 12.1 Å². The predicted octanol–water partition coefficient (Wildman–Crippen LogP) is 3.33. The number of aryl methyl sites for hydroxylation is 1. The molecule has 2 aromatic carbocycles. The first-order valence-electron chi connectivity index (χ1n) is 5.88. The molecule has 0 aromatic heterocycles. The summed E-state index contributed by atoms with van der Waals surface area (Å²) in [6, 6.07) is 8.04. The topological polar surface area (TPSA) is 35.2 Å². The average molecular weight is 263 g/mol. The standard InChI is InChI=1S/C15H15F2NO/c1-9-3-5-11(13(17)7-9)15(18)12-8-10(16)4-6-14(12)19-2/h3-8,15H,18H2,1-2H3. The maximum Gasteiger partial charge on any atom is 0.128 e. The van der Waals surface area contributed by atoms with E-state index in [4.69, 9.17) is 10.5 Å². The Bertz CT molecular complexity index is 599. The van der Waals surface area contributed by atoms with E-state index in [1.807, 2.05) is 0 Å². The van der Waals surface area contributed by atoms with E-state index in [9.17, 15) is 8.78 Å². The van der Waals surface area contributed by atoms with Crippen molar-refractivity contribution in [3.05, 3.63) is 64.7 Å². The summed E-state index contributed by atoms with van der Waals surface area (Å²) < 4.78 is 32.4. The number of rotatable bonds is 3. The summed E-state index contributed by atoms with van der Waals surface area (Å²) in [5.41, 5.74) is 7.57. The van der Waals surface area contributed by atoms with Crippen molar-refractivity contribution < 1.29 is 13.5 Å². The highest BCUT2D eigenvalue weighted by Crippen LogP contribution is 2.30. The van der Waals surface area contributed by atoms with Crippen LogP contribution in [0.1, 0.15) is 22.7 Å². The van der Waals surface area contributed by atoms with Crippen LogP contribution in [0.4, 0.5) is 8.78 Å². The normalized spacial score (nSPS) is 12.3. The van der Waals surface area contributed by atoms with Gasteiger partial charge < -0.3 is 10.5 Å². The van der Waals surface area contributed by atoms with Crippen molar-refractivity contribution in [3.8, 4) is 5.75 Å². The quantitative estimate of drug-likeness (QED) is 0.921. The van der Waals surface area contributed by atoms with Crippen LogP contribution in [-0.4, -0.2) is 7.11 Å². The number of ether oxygens (including phenoxy) is 1. The lowest BCUT2D eigenvalue weighted by Crippen LogP contribution is -2.15. The van der Waals surface area contributed by atoms with Gasteiger partial charge in [-0.3, -0.25) is 0 Å². The summed E-state index contributed by atoms with van der Waals surface area (Å²) in [4.78, 5) is 0. The van der Waals surface area contributed by atoms with E-state index >= 15 is 0 Å². The Hall–Kier alpha value is -1.94. The second kappa shape index (κ2) is 5.36. The number of halogens is 2. The zero-order valence-corrected chi connectivity index (χ0v) is 10.8. The molecule has 0 fully saturated rings. The van der Waals surface area contributed by atoms with E-state index in [-0.39, 0.29) is 0 Å². The SMILES string of the molecule is COc1ccc(F)cc1C(N)c1ccc(C)cc1F. The second-order valence-corrected chi connectivity index (χ2v) is 4.39. The van der Waals surface area contributed by atoms with Crippen LogP contribution in [0.2, 0.25) is 0 Å². The van der Waals surface area contributed by atoms with Gasteiger partial charge in [0, 0.05) is 11.1 Å². The first-order chi connectivity index (χ1) is 9.02. The summed E-state index contributed by atoms with van der Waals surface area (Å²) in [5, 5.41) is 0. The first kappa shape index (κ1) is 13.5. The number of hydrogen-bond donors (Lipinski definition) is 1. The van der Waals surface area contributed by atoms with Crippen molar-refractivity contribution in [2.45, 2.75) is 13.0 Å². The molecule has 100 valence electrons. The molecule has 0 aliphatic rings. The van der Waals surface area contributed by atoms with Crippen LogP contribution in [-0.2, 0) is 0 Å². The number of methoxy groups -OCH3 is 1. The molecule has 19 heavy (non-hydrogen) atoms. The Balaban J connectivity index is 2.49. The third-order valence-corrected chi connectivity index (χ3v) is 3.02. The minimum Gasteiger partial charge on any atom is -0.496 e. The largest absolute Gasteiger partial charge is 0.496 e. The molecule has 0 spiro atoms. The van der Waals surface area contributed by atoms with E-state index in [1.165, 1.54) is 31.4 Å². The Morgan fingerprint density at radius 3 is 2.42 bits per heavy atom. The first-order valence-corrected chi connectivity index (χ1v) is 5.88. The molecule has 0 aliphatic heterocycles. The summed E-state index contributed by atoms with van der Waals surface area (Å²) in [6.07, 6.45) is 0. The molecule has 2 N–H and O–H groups in total. The average Bonchev–Trinajstić information content (AvgIpc) is 2.38. The van der Waals surface area contributed by atoms with Gasteiger partial charge in [-0.15, -0.1) is 0 Å². The van der Waals surface area contributed by atoms with Crippen LogP contribution in [0.15, 0.2) is 36.4 Å². The van der Waals surface area contributed by atoms with Gasteiger partial charge in [-0.05, 0) is 36.8 Å². The lowest BCUT2D eigenvalue weighted by atomic mass is 9.97. The maximum absolute atomic E-state index is 13.9. The molecule has 2 aromatic rings. The summed E-state index contributed by atoms with van der Waals surface area (Å²) in [6.45, 7) is 1.79. The highest BCUT2D eigenvalue weighted by molar-refractivity contribution is 5.42. The van der Waals surface area contributed by atoms with Gasteiger partial charge in [0.25, 0.3) is 0 Å². The lowest BCUT2D eigenvalue weighted by molar-refractivity contribution is 0.406. The van der Waals surface area contributed by atoms with Gasteiger partial charge in [-0.25, -0.2) is 8.78 Å². The molecule has 1 unspecified atom stereocenters. The number of nitrogens with two attached hydrogens (primary N) is 1. The fourth-order valence-corrected chi connectivity index (χ4v) is 2.00. The predicted molar refractivity (Wildman–Crippen MR) is 70.1 cm³/mol. The van der Waals surface area contributed by atoms with Crippen LogP contribution in [0.25, 0.3) is 0 Å².